The van der Waals surface area contributed by atoms with E-state index in [4.69, 9.17) is 14.2 Å². The Hall–Kier alpha value is -3.22. The minimum absolute atomic E-state index is 0.0316. The molecule has 0 spiro atoms. The van der Waals surface area contributed by atoms with Crippen LogP contribution >= 0.6 is 0 Å². The van der Waals surface area contributed by atoms with Gasteiger partial charge in [0.1, 0.15) is 12.4 Å². The van der Waals surface area contributed by atoms with Crippen molar-refractivity contribution in [2.75, 3.05) is 13.2 Å². The molecule has 0 radical (unpaired) electrons. The number of hydrogen-bond donors (Lipinski definition) is 2. The molecule has 0 fully saturated rings. The third kappa shape index (κ3) is 6.39. The summed E-state index contributed by atoms with van der Waals surface area (Å²) in [4.78, 5) is 24.3. The van der Waals surface area contributed by atoms with Gasteiger partial charge in [-0.3, -0.25) is 20.4 Å². The van der Waals surface area contributed by atoms with Gasteiger partial charge in [-0.15, -0.1) is 0 Å². The van der Waals surface area contributed by atoms with E-state index in [0.717, 1.165) is 6.42 Å². The van der Waals surface area contributed by atoms with E-state index in [0.29, 0.717) is 17.2 Å². The zero-order chi connectivity index (χ0) is 23.4. The van der Waals surface area contributed by atoms with Crippen molar-refractivity contribution < 1.29 is 23.8 Å². The first kappa shape index (κ1) is 23.4. The molecular weight excluding hydrogens is 408 g/mol. The normalized spacial score (nSPS) is 15.6. The Balaban J connectivity index is 1.44. The van der Waals surface area contributed by atoms with Crippen molar-refractivity contribution in [3.8, 4) is 17.2 Å². The number of hydrogen-bond acceptors (Lipinski definition) is 5. The van der Waals surface area contributed by atoms with E-state index in [1.54, 1.807) is 18.2 Å². The van der Waals surface area contributed by atoms with E-state index >= 15 is 0 Å². The number of para-hydroxylation sites is 2. The lowest BCUT2D eigenvalue weighted by Crippen LogP contribution is -2.51. The lowest BCUT2D eigenvalue weighted by atomic mass is 9.72. The van der Waals surface area contributed by atoms with Gasteiger partial charge in [0, 0.05) is 0 Å². The first-order chi connectivity index (χ1) is 15.0. The third-order valence-corrected chi connectivity index (χ3v) is 5.10. The Morgan fingerprint density at radius 3 is 2.28 bits per heavy atom. The summed E-state index contributed by atoms with van der Waals surface area (Å²) in [5, 5.41) is 0. The number of carbonyl (C=O) groups is 2. The van der Waals surface area contributed by atoms with Crippen LogP contribution in [0.5, 0.6) is 17.2 Å². The van der Waals surface area contributed by atoms with Gasteiger partial charge in [-0.1, -0.05) is 58.9 Å². The molecule has 0 saturated carbocycles. The number of carbonyl (C=O) groups excluding carboxylic acids is 2. The molecule has 1 aliphatic rings. The van der Waals surface area contributed by atoms with E-state index in [1.807, 2.05) is 30.3 Å². The fraction of sp³-hybridized carbons (Fsp3) is 0.440. The molecule has 1 aliphatic heterocycles. The zero-order valence-electron chi connectivity index (χ0n) is 19.4. The molecule has 2 aromatic rings. The van der Waals surface area contributed by atoms with Gasteiger partial charge in [0.25, 0.3) is 11.8 Å². The summed E-state index contributed by atoms with van der Waals surface area (Å²) < 4.78 is 16.7. The van der Waals surface area contributed by atoms with Gasteiger partial charge in [0.2, 0.25) is 6.10 Å². The van der Waals surface area contributed by atoms with Crippen LogP contribution in [0.25, 0.3) is 0 Å². The van der Waals surface area contributed by atoms with Gasteiger partial charge >= 0.3 is 0 Å². The predicted octanol–water partition coefficient (Wildman–Crippen LogP) is 3.77. The highest BCUT2D eigenvalue weighted by Crippen LogP contribution is 2.36. The summed E-state index contributed by atoms with van der Waals surface area (Å²) in [6, 6.07) is 14.9. The van der Waals surface area contributed by atoms with E-state index in [2.05, 4.69) is 45.5 Å². The highest BCUT2D eigenvalue weighted by molar-refractivity contribution is 5.85. The maximum atomic E-state index is 12.2. The fourth-order valence-electron chi connectivity index (χ4n) is 3.98. The van der Waals surface area contributed by atoms with Crippen LogP contribution in [-0.2, 0) is 15.0 Å². The first-order valence-electron chi connectivity index (χ1n) is 10.7. The second kappa shape index (κ2) is 9.51. The van der Waals surface area contributed by atoms with E-state index < -0.39 is 17.9 Å². The summed E-state index contributed by atoms with van der Waals surface area (Å²) in [5.41, 5.74) is 6.15. The van der Waals surface area contributed by atoms with Crippen LogP contribution in [0.2, 0.25) is 0 Å². The molecule has 2 amide bonds. The molecule has 1 heterocycles. The number of benzene rings is 2. The summed E-state index contributed by atoms with van der Waals surface area (Å²) in [6.45, 7) is 11.0. The standard InChI is InChI=1S/C25H32N2O5/c1-24(2,3)16-25(4,5)17-10-12-18(13-11-17)30-15-22(28)26-27-23(29)21-14-31-19-8-6-7-9-20(19)32-21/h6-13,21H,14-16H2,1-5H3,(H,26,28)(H,27,29)/t21-/m1/s1. The lowest BCUT2D eigenvalue weighted by Gasteiger charge is -2.33. The van der Waals surface area contributed by atoms with Crippen molar-refractivity contribution in [3.05, 3.63) is 54.1 Å². The fourth-order valence-corrected chi connectivity index (χ4v) is 3.98. The predicted molar refractivity (Wildman–Crippen MR) is 122 cm³/mol. The van der Waals surface area contributed by atoms with Crippen molar-refractivity contribution in [1.29, 1.82) is 0 Å². The van der Waals surface area contributed by atoms with Crippen LogP contribution in [-0.4, -0.2) is 31.1 Å². The van der Waals surface area contributed by atoms with Gasteiger partial charge in [-0.05, 0) is 47.1 Å². The van der Waals surface area contributed by atoms with Crippen molar-refractivity contribution in [3.63, 3.8) is 0 Å². The molecule has 172 valence electrons. The Bertz CT molecular complexity index is 948. The maximum Gasteiger partial charge on any atom is 0.283 e. The van der Waals surface area contributed by atoms with Gasteiger partial charge < -0.3 is 14.2 Å². The highest BCUT2D eigenvalue weighted by Gasteiger charge is 2.28. The van der Waals surface area contributed by atoms with Crippen LogP contribution in [0.15, 0.2) is 48.5 Å². The largest absolute Gasteiger partial charge is 0.485 e. The first-order valence-corrected chi connectivity index (χ1v) is 10.7. The molecule has 0 unspecified atom stereocenters. The van der Waals surface area contributed by atoms with Crippen LogP contribution in [0.3, 0.4) is 0 Å². The molecule has 1 atom stereocenters. The number of rotatable bonds is 6. The molecule has 0 bridgehead atoms. The summed E-state index contributed by atoms with van der Waals surface area (Å²) >= 11 is 0. The summed E-state index contributed by atoms with van der Waals surface area (Å²) in [6.07, 6.45) is 0.194. The van der Waals surface area contributed by atoms with Gasteiger partial charge in [-0.25, -0.2) is 0 Å². The average Bonchev–Trinajstić information content (AvgIpc) is 2.74. The van der Waals surface area contributed by atoms with Crippen LogP contribution in [0, 0.1) is 5.41 Å². The van der Waals surface area contributed by atoms with E-state index in [-0.39, 0.29) is 24.0 Å². The number of nitrogens with one attached hydrogen (secondary N) is 2. The molecule has 2 aromatic carbocycles. The molecule has 0 saturated heterocycles. The minimum Gasteiger partial charge on any atom is -0.485 e. The lowest BCUT2D eigenvalue weighted by molar-refractivity contribution is -0.135. The zero-order valence-corrected chi connectivity index (χ0v) is 19.4. The number of ether oxygens (including phenoxy) is 3. The quantitative estimate of drug-likeness (QED) is 0.668. The van der Waals surface area contributed by atoms with Crippen molar-refractivity contribution in [2.24, 2.45) is 5.41 Å². The Labute approximate surface area is 189 Å². The Kier molecular flexibility index (Phi) is 6.96. The van der Waals surface area contributed by atoms with Crippen molar-refractivity contribution in [1.82, 2.24) is 10.9 Å². The van der Waals surface area contributed by atoms with Crippen molar-refractivity contribution in [2.45, 2.75) is 52.6 Å². The monoisotopic (exact) mass is 440 g/mol. The smallest absolute Gasteiger partial charge is 0.283 e. The van der Waals surface area contributed by atoms with E-state index in [9.17, 15) is 9.59 Å². The molecule has 2 N–H and O–H groups in total. The molecule has 0 aliphatic carbocycles. The summed E-state index contributed by atoms with van der Waals surface area (Å²) in [5.74, 6) is 0.679. The number of amides is 2. The van der Waals surface area contributed by atoms with Gasteiger partial charge in [0.15, 0.2) is 18.1 Å². The van der Waals surface area contributed by atoms with Crippen LogP contribution < -0.4 is 25.1 Å². The molecule has 3 rings (SSSR count). The van der Waals surface area contributed by atoms with Crippen molar-refractivity contribution >= 4 is 11.8 Å². The van der Waals surface area contributed by atoms with Gasteiger partial charge in [-0.2, -0.15) is 0 Å². The maximum absolute atomic E-state index is 12.2. The minimum atomic E-state index is -0.852. The number of fused-ring (bicyclic) bond motifs is 1. The second-order valence-corrected chi connectivity index (χ2v) is 9.84. The molecular formula is C25H32N2O5. The molecule has 32 heavy (non-hydrogen) atoms. The third-order valence-electron chi connectivity index (χ3n) is 5.10. The topological polar surface area (TPSA) is 85.9 Å². The highest BCUT2D eigenvalue weighted by atomic mass is 16.6. The van der Waals surface area contributed by atoms with Gasteiger partial charge in [0.05, 0.1) is 0 Å². The molecule has 0 aromatic heterocycles. The second-order valence-electron chi connectivity index (χ2n) is 9.84. The molecule has 7 nitrogen and oxygen atoms in total. The Morgan fingerprint density at radius 1 is 0.969 bits per heavy atom. The van der Waals surface area contributed by atoms with E-state index in [1.165, 1.54) is 5.56 Å². The van der Waals surface area contributed by atoms with Crippen LogP contribution in [0.4, 0.5) is 0 Å². The average molecular weight is 441 g/mol. The van der Waals surface area contributed by atoms with Crippen LogP contribution in [0.1, 0.15) is 46.6 Å². The summed E-state index contributed by atoms with van der Waals surface area (Å²) in [7, 11) is 0. The Morgan fingerprint density at radius 2 is 1.62 bits per heavy atom. The SMILES string of the molecule is CC(C)(C)CC(C)(C)c1ccc(OCC(=O)NNC(=O)[C@H]2COc3ccccc3O2)cc1. The number of hydrazine groups is 1. The molecule has 7 heteroatoms.